The first-order valence-electron chi connectivity index (χ1n) is 16.7. The van der Waals surface area contributed by atoms with Crippen LogP contribution in [0.15, 0.2) is 46.8 Å². The zero-order valence-corrected chi connectivity index (χ0v) is 29.9. The average molecular weight is 700 g/mol. The number of fused-ring (bicyclic) bond motifs is 6. The fourth-order valence-corrected chi connectivity index (χ4v) is 7.88. The van der Waals surface area contributed by atoms with Crippen LogP contribution in [0.3, 0.4) is 0 Å². The highest BCUT2D eigenvalue weighted by Gasteiger charge is 2.41. The van der Waals surface area contributed by atoms with E-state index in [1.165, 1.54) is 21.5 Å². The van der Waals surface area contributed by atoms with Crippen LogP contribution in [0.2, 0.25) is 5.02 Å². The van der Waals surface area contributed by atoms with Crippen molar-refractivity contribution >= 4 is 45.1 Å². The summed E-state index contributed by atoms with van der Waals surface area (Å²) in [5.41, 5.74) is 3.23. The third-order valence-electron chi connectivity index (χ3n) is 10.0. The number of amides is 1. The third-order valence-corrected chi connectivity index (χ3v) is 10.3. The summed E-state index contributed by atoms with van der Waals surface area (Å²) in [7, 11) is 1.61. The standard InChI is InChI=1S/C37H39ClFN7O4/c1-9-25(47)44-14-21-15-50-35-32(45(21)13-20(44)7)22-12-23(38)27(26-19(6)10-11-24-33(26)43(8)37(49)42-24)28(39)31(22)46(36(35)48)34-29(17(2)3)40-16-41-30(34)18(4)5/h9-12,16-18,20-21H,1,13-15H2,2-8H3,(H,42,49). The maximum atomic E-state index is 18.0. The molecule has 2 aliphatic rings. The molecule has 5 heterocycles. The van der Waals surface area contributed by atoms with Crippen molar-refractivity contribution in [3.05, 3.63) is 85.8 Å². The van der Waals surface area contributed by atoms with E-state index in [2.05, 4.69) is 21.5 Å². The van der Waals surface area contributed by atoms with Gasteiger partial charge in [-0.2, -0.15) is 0 Å². The lowest BCUT2D eigenvalue weighted by molar-refractivity contribution is -0.129. The molecule has 13 heteroatoms. The van der Waals surface area contributed by atoms with Crippen LogP contribution in [0.1, 0.15) is 63.4 Å². The Balaban J connectivity index is 1.65. The molecule has 2 unspecified atom stereocenters. The smallest absolute Gasteiger partial charge is 0.326 e. The molecular weight excluding hydrogens is 661 g/mol. The summed E-state index contributed by atoms with van der Waals surface area (Å²) in [5, 5.41) is 0.465. The molecule has 50 heavy (non-hydrogen) atoms. The Labute approximate surface area is 293 Å². The summed E-state index contributed by atoms with van der Waals surface area (Å²) in [6.07, 6.45) is 2.76. The number of carbonyl (C=O) groups excluding carboxylic acids is 1. The van der Waals surface area contributed by atoms with E-state index in [-0.39, 0.29) is 64.0 Å². The number of nitrogens with zero attached hydrogens (tertiary/aromatic N) is 6. The zero-order valence-electron chi connectivity index (χ0n) is 29.1. The molecular formula is C37H39ClFN7O4. The molecule has 5 aromatic rings. The minimum atomic E-state index is -0.736. The maximum Gasteiger partial charge on any atom is 0.326 e. The second-order valence-corrected chi connectivity index (χ2v) is 14.3. The second kappa shape index (κ2) is 12.1. The lowest BCUT2D eigenvalue weighted by atomic mass is 9.94. The lowest BCUT2D eigenvalue weighted by Gasteiger charge is -2.48. The molecule has 2 atom stereocenters. The molecule has 1 amide bonds. The molecule has 0 spiro atoms. The van der Waals surface area contributed by atoms with E-state index in [0.29, 0.717) is 63.4 Å². The predicted molar refractivity (Wildman–Crippen MR) is 194 cm³/mol. The quantitative estimate of drug-likeness (QED) is 0.225. The van der Waals surface area contributed by atoms with Gasteiger partial charge in [0.2, 0.25) is 11.7 Å². The highest BCUT2D eigenvalue weighted by molar-refractivity contribution is 6.35. The molecule has 2 aromatic carbocycles. The SMILES string of the molecule is C=CC(=O)N1CC2COc3c(c4cc(Cl)c(-c5c(C)ccc6[nH]c(=O)n(C)c56)c(F)c4n(-c4c(C(C)C)ncnc4C(C)C)c3=O)N2CC1C. The molecule has 1 N–H and O–H groups in total. The maximum absolute atomic E-state index is 18.0. The van der Waals surface area contributed by atoms with E-state index in [9.17, 15) is 9.59 Å². The molecule has 3 aromatic heterocycles. The third kappa shape index (κ3) is 4.86. The van der Waals surface area contributed by atoms with E-state index in [0.717, 1.165) is 0 Å². The lowest BCUT2D eigenvalue weighted by Crippen LogP contribution is -2.62. The number of aromatic amines is 1. The largest absolute Gasteiger partial charge is 0.484 e. The topological polar surface area (TPSA) is 118 Å². The van der Waals surface area contributed by atoms with Crippen LogP contribution in [0.5, 0.6) is 5.75 Å². The summed E-state index contributed by atoms with van der Waals surface area (Å²) >= 11 is 7.13. The number of halogens is 2. The number of anilines is 1. The number of pyridine rings is 1. The van der Waals surface area contributed by atoms with Crippen molar-refractivity contribution in [2.75, 3.05) is 24.6 Å². The number of benzene rings is 2. The van der Waals surface area contributed by atoms with Crippen LogP contribution in [0, 0.1) is 12.7 Å². The van der Waals surface area contributed by atoms with E-state index < -0.39 is 11.4 Å². The van der Waals surface area contributed by atoms with Gasteiger partial charge in [-0.05, 0) is 49.5 Å². The Morgan fingerprint density at radius 2 is 1.76 bits per heavy atom. The summed E-state index contributed by atoms with van der Waals surface area (Å²) < 4.78 is 27.1. The number of rotatable bonds is 5. The summed E-state index contributed by atoms with van der Waals surface area (Å²) in [6, 6.07) is 4.70. The van der Waals surface area contributed by atoms with Crippen molar-refractivity contribution in [2.24, 2.45) is 7.05 Å². The number of aromatic nitrogens is 5. The minimum Gasteiger partial charge on any atom is -0.484 e. The van der Waals surface area contributed by atoms with Crippen molar-refractivity contribution in [1.82, 2.24) is 29.0 Å². The van der Waals surface area contributed by atoms with Crippen molar-refractivity contribution in [3.63, 3.8) is 0 Å². The van der Waals surface area contributed by atoms with E-state index in [1.54, 1.807) is 30.1 Å². The van der Waals surface area contributed by atoms with Gasteiger partial charge in [-0.3, -0.25) is 18.7 Å². The molecule has 0 aliphatic carbocycles. The molecule has 2 aliphatic heterocycles. The fraction of sp³-hybridized carbons (Fsp3) is 0.378. The summed E-state index contributed by atoms with van der Waals surface area (Å²) in [4.78, 5) is 56.3. The first-order chi connectivity index (χ1) is 23.8. The van der Waals surface area contributed by atoms with E-state index in [1.807, 2.05) is 46.4 Å². The van der Waals surface area contributed by atoms with Gasteiger partial charge in [-0.25, -0.2) is 19.2 Å². The van der Waals surface area contributed by atoms with Crippen LogP contribution in [0.25, 0.3) is 38.8 Å². The van der Waals surface area contributed by atoms with Gasteiger partial charge in [0.05, 0.1) is 50.4 Å². The second-order valence-electron chi connectivity index (χ2n) is 13.9. The molecule has 260 valence electrons. The van der Waals surface area contributed by atoms with Crippen molar-refractivity contribution in [3.8, 4) is 22.6 Å². The van der Waals surface area contributed by atoms with Gasteiger partial charge >= 0.3 is 5.69 Å². The zero-order chi connectivity index (χ0) is 35.9. The highest BCUT2D eigenvalue weighted by atomic mass is 35.5. The van der Waals surface area contributed by atoms with Crippen LogP contribution < -0.4 is 20.9 Å². The van der Waals surface area contributed by atoms with Gasteiger partial charge in [0.25, 0.3) is 5.56 Å². The van der Waals surface area contributed by atoms with Crippen LogP contribution >= 0.6 is 11.6 Å². The molecule has 1 fully saturated rings. The molecule has 7 rings (SSSR count). The van der Waals surface area contributed by atoms with Gasteiger partial charge in [-0.15, -0.1) is 0 Å². The summed E-state index contributed by atoms with van der Waals surface area (Å²) in [5.74, 6) is -1.17. The number of carbonyl (C=O) groups is 1. The highest BCUT2D eigenvalue weighted by Crippen LogP contribution is 2.47. The van der Waals surface area contributed by atoms with Gasteiger partial charge in [0.15, 0.2) is 5.82 Å². The Hall–Kier alpha value is -4.97. The first-order valence-corrected chi connectivity index (χ1v) is 17.1. The van der Waals surface area contributed by atoms with Crippen molar-refractivity contribution in [2.45, 2.75) is 65.5 Å². The number of imidazole rings is 1. The number of hydrogen-bond acceptors (Lipinski definition) is 7. The average Bonchev–Trinajstić information content (AvgIpc) is 3.37. The molecule has 1 saturated heterocycles. The monoisotopic (exact) mass is 699 g/mol. The number of ether oxygens (including phenoxy) is 1. The van der Waals surface area contributed by atoms with Crippen molar-refractivity contribution < 1.29 is 13.9 Å². The Bertz CT molecular complexity index is 2350. The molecule has 0 radical (unpaired) electrons. The van der Waals surface area contributed by atoms with Crippen LogP contribution in [0.4, 0.5) is 10.1 Å². The Morgan fingerprint density at radius 1 is 1.08 bits per heavy atom. The van der Waals surface area contributed by atoms with Crippen LogP contribution in [-0.4, -0.2) is 66.7 Å². The Kier molecular flexibility index (Phi) is 8.12. The Morgan fingerprint density at radius 3 is 2.40 bits per heavy atom. The fourth-order valence-electron chi connectivity index (χ4n) is 7.59. The number of H-pyrrole nitrogens is 1. The minimum absolute atomic E-state index is 0.00908. The molecule has 0 saturated carbocycles. The normalized spacial score (nSPS) is 17.4. The number of hydrogen-bond donors (Lipinski definition) is 1. The van der Waals surface area contributed by atoms with Gasteiger partial charge in [0, 0.05) is 42.7 Å². The van der Waals surface area contributed by atoms with Crippen molar-refractivity contribution in [1.29, 1.82) is 0 Å². The van der Waals surface area contributed by atoms with Gasteiger partial charge in [0.1, 0.15) is 12.9 Å². The van der Waals surface area contributed by atoms with Crippen LogP contribution in [-0.2, 0) is 11.8 Å². The van der Waals surface area contributed by atoms with Gasteiger partial charge < -0.3 is 19.5 Å². The van der Waals surface area contributed by atoms with Gasteiger partial charge in [-0.1, -0.05) is 51.9 Å². The summed E-state index contributed by atoms with van der Waals surface area (Å²) in [6.45, 7) is 16.1. The van der Waals surface area contributed by atoms with E-state index in [4.69, 9.17) is 16.3 Å². The van der Waals surface area contributed by atoms with E-state index >= 15 is 9.18 Å². The number of aryl methyl sites for hydroxylation is 2. The first kappa shape index (κ1) is 33.5. The molecule has 0 bridgehead atoms. The predicted octanol–water partition coefficient (Wildman–Crippen LogP) is 5.96. The number of piperazine rings is 1. The molecule has 11 nitrogen and oxygen atoms in total. The number of nitrogens with one attached hydrogen (secondary N) is 1.